The van der Waals surface area contributed by atoms with Crippen LogP contribution in [0.25, 0.3) is 5.82 Å². The fraction of sp³-hybridized carbons (Fsp3) is 0.100. The zero-order chi connectivity index (χ0) is 13.3. The van der Waals surface area contributed by atoms with Crippen molar-refractivity contribution in [3.05, 3.63) is 41.9 Å². The van der Waals surface area contributed by atoms with Gasteiger partial charge in [-0.15, -0.1) is 0 Å². The van der Waals surface area contributed by atoms with Gasteiger partial charge < -0.3 is 5.11 Å². The number of hydrogen-bond donors (Lipinski definition) is 1. The van der Waals surface area contributed by atoms with Crippen molar-refractivity contribution >= 4 is 5.97 Å². The van der Waals surface area contributed by atoms with Crippen LogP contribution in [0.4, 0.5) is 13.2 Å². The summed E-state index contributed by atoms with van der Waals surface area (Å²) in [6.07, 6.45) is -2.37. The van der Waals surface area contributed by atoms with Gasteiger partial charge in [-0.25, -0.2) is 14.5 Å². The molecule has 0 bridgehead atoms. The molecule has 2 aromatic rings. The Bertz CT molecular complexity index is 575. The lowest BCUT2D eigenvalue weighted by Gasteiger charge is -2.02. The van der Waals surface area contributed by atoms with E-state index in [9.17, 15) is 18.0 Å². The van der Waals surface area contributed by atoms with Gasteiger partial charge in [0, 0.05) is 12.4 Å². The third-order valence-corrected chi connectivity index (χ3v) is 2.11. The fourth-order valence-corrected chi connectivity index (χ4v) is 1.25. The Hall–Kier alpha value is -2.38. The highest BCUT2D eigenvalue weighted by atomic mass is 19.4. The van der Waals surface area contributed by atoms with Crippen LogP contribution in [0.5, 0.6) is 0 Å². The maximum atomic E-state index is 12.3. The molecular formula is C10H6F3N3O2. The first-order chi connectivity index (χ1) is 8.38. The summed E-state index contributed by atoms with van der Waals surface area (Å²) in [4.78, 5) is 14.3. The minimum Gasteiger partial charge on any atom is -0.478 e. The minimum absolute atomic E-state index is 0.0537. The first-order valence-electron chi connectivity index (χ1n) is 4.70. The van der Waals surface area contributed by atoms with Crippen molar-refractivity contribution in [2.24, 2.45) is 0 Å². The molecule has 0 saturated heterocycles. The molecule has 94 valence electrons. The van der Waals surface area contributed by atoms with E-state index in [1.165, 1.54) is 12.1 Å². The quantitative estimate of drug-likeness (QED) is 0.893. The average Bonchev–Trinajstić information content (AvgIpc) is 2.78. The number of halogens is 3. The number of nitrogens with zero attached hydrogens (tertiary/aromatic N) is 3. The summed E-state index contributed by atoms with van der Waals surface area (Å²) < 4.78 is 37.9. The largest absolute Gasteiger partial charge is 0.478 e. The fourth-order valence-electron chi connectivity index (χ4n) is 1.25. The second-order valence-electron chi connectivity index (χ2n) is 3.35. The van der Waals surface area contributed by atoms with Crippen LogP contribution in [0, 0.1) is 0 Å². The summed E-state index contributed by atoms with van der Waals surface area (Å²) in [6, 6.07) is 3.32. The number of carboxylic acid groups (broad SMARTS) is 1. The maximum absolute atomic E-state index is 12.3. The van der Waals surface area contributed by atoms with Gasteiger partial charge in [0.15, 0.2) is 11.5 Å². The van der Waals surface area contributed by atoms with Crippen LogP contribution in [-0.2, 0) is 6.18 Å². The SMILES string of the molecule is O=C(O)c1ccc(-n2ccc(C(F)(F)F)n2)nc1. The Balaban J connectivity index is 2.32. The minimum atomic E-state index is -4.52. The maximum Gasteiger partial charge on any atom is 0.435 e. The van der Waals surface area contributed by atoms with Gasteiger partial charge in [-0.1, -0.05) is 0 Å². The number of pyridine rings is 1. The lowest BCUT2D eigenvalue weighted by molar-refractivity contribution is -0.141. The Kier molecular flexibility index (Phi) is 2.77. The Morgan fingerprint density at radius 3 is 2.44 bits per heavy atom. The van der Waals surface area contributed by atoms with Crippen molar-refractivity contribution in [2.45, 2.75) is 6.18 Å². The molecule has 0 aliphatic heterocycles. The molecule has 0 amide bonds. The Labute approximate surface area is 98.5 Å². The Morgan fingerprint density at radius 2 is 2.00 bits per heavy atom. The average molecular weight is 257 g/mol. The zero-order valence-corrected chi connectivity index (χ0v) is 8.72. The number of rotatable bonds is 2. The van der Waals surface area contributed by atoms with Crippen LogP contribution in [0.1, 0.15) is 16.1 Å². The molecule has 0 atom stereocenters. The first-order valence-corrected chi connectivity index (χ1v) is 4.70. The number of carboxylic acids is 1. The van der Waals surface area contributed by atoms with Crippen molar-refractivity contribution in [1.29, 1.82) is 0 Å². The van der Waals surface area contributed by atoms with E-state index < -0.39 is 17.8 Å². The van der Waals surface area contributed by atoms with Crippen molar-refractivity contribution in [2.75, 3.05) is 0 Å². The van der Waals surface area contributed by atoms with Crippen LogP contribution in [0.3, 0.4) is 0 Å². The molecule has 0 aliphatic carbocycles. The highest BCUT2D eigenvalue weighted by molar-refractivity contribution is 5.87. The molecule has 0 aliphatic rings. The van der Waals surface area contributed by atoms with Crippen LogP contribution < -0.4 is 0 Å². The smallest absolute Gasteiger partial charge is 0.435 e. The van der Waals surface area contributed by atoms with Crippen LogP contribution in [0.15, 0.2) is 30.6 Å². The standard InChI is InChI=1S/C10H6F3N3O2/c11-10(12,13)7-3-4-16(15-7)8-2-1-6(5-14-8)9(17)18/h1-5H,(H,17,18). The van der Waals surface area contributed by atoms with E-state index in [-0.39, 0.29) is 11.4 Å². The normalized spacial score (nSPS) is 11.5. The van der Waals surface area contributed by atoms with Gasteiger partial charge in [0.05, 0.1) is 5.56 Å². The van der Waals surface area contributed by atoms with Crippen molar-refractivity contribution < 1.29 is 23.1 Å². The zero-order valence-electron chi connectivity index (χ0n) is 8.72. The third kappa shape index (κ3) is 2.31. The molecule has 18 heavy (non-hydrogen) atoms. The molecule has 0 spiro atoms. The van der Waals surface area contributed by atoms with Gasteiger partial charge in [0.25, 0.3) is 0 Å². The molecule has 0 aromatic carbocycles. The lowest BCUT2D eigenvalue weighted by atomic mass is 10.3. The third-order valence-electron chi connectivity index (χ3n) is 2.11. The van der Waals surface area contributed by atoms with Crippen LogP contribution in [-0.4, -0.2) is 25.8 Å². The van der Waals surface area contributed by atoms with E-state index in [0.717, 1.165) is 23.1 Å². The summed E-state index contributed by atoms with van der Waals surface area (Å²) >= 11 is 0. The second kappa shape index (κ2) is 4.13. The van der Waals surface area contributed by atoms with Gasteiger partial charge in [-0.2, -0.15) is 18.3 Å². The predicted octanol–water partition coefficient (Wildman–Crippen LogP) is 1.98. The number of hydrogen-bond acceptors (Lipinski definition) is 3. The molecule has 1 N–H and O–H groups in total. The van der Waals surface area contributed by atoms with Crippen molar-refractivity contribution in [3.63, 3.8) is 0 Å². The molecular weight excluding hydrogens is 251 g/mol. The van der Waals surface area contributed by atoms with Crippen LogP contribution >= 0.6 is 0 Å². The summed E-state index contributed by atoms with van der Waals surface area (Å²) in [5.74, 6) is -1.05. The molecule has 0 unspecified atom stereocenters. The highest BCUT2D eigenvalue weighted by Gasteiger charge is 2.33. The molecule has 8 heteroatoms. The molecule has 5 nitrogen and oxygen atoms in total. The Morgan fingerprint density at radius 1 is 1.28 bits per heavy atom. The molecule has 2 heterocycles. The van der Waals surface area contributed by atoms with Gasteiger partial charge in [-0.3, -0.25) is 0 Å². The predicted molar refractivity (Wildman–Crippen MR) is 53.3 cm³/mol. The van der Waals surface area contributed by atoms with Crippen LogP contribution in [0.2, 0.25) is 0 Å². The lowest BCUT2D eigenvalue weighted by Crippen LogP contribution is -2.08. The van der Waals surface area contributed by atoms with Crippen molar-refractivity contribution in [1.82, 2.24) is 14.8 Å². The highest BCUT2D eigenvalue weighted by Crippen LogP contribution is 2.27. The topological polar surface area (TPSA) is 68.0 Å². The number of aromatic carboxylic acids is 1. The number of aromatic nitrogens is 3. The summed E-state index contributed by atoms with van der Waals surface area (Å²) in [5.41, 5.74) is -1.09. The van der Waals surface area contributed by atoms with Gasteiger partial charge >= 0.3 is 12.1 Å². The number of carbonyl (C=O) groups is 1. The van der Waals surface area contributed by atoms with Crippen molar-refractivity contribution in [3.8, 4) is 5.82 Å². The summed E-state index contributed by atoms with van der Waals surface area (Å²) in [7, 11) is 0. The van der Waals surface area contributed by atoms with Gasteiger partial charge in [0.2, 0.25) is 0 Å². The van der Waals surface area contributed by atoms with E-state index >= 15 is 0 Å². The summed E-state index contributed by atoms with van der Waals surface area (Å²) in [5, 5.41) is 12.0. The molecule has 0 fully saturated rings. The van der Waals surface area contributed by atoms with E-state index in [1.54, 1.807) is 0 Å². The van der Waals surface area contributed by atoms with E-state index in [0.29, 0.717) is 0 Å². The van der Waals surface area contributed by atoms with Gasteiger partial charge in [-0.05, 0) is 18.2 Å². The van der Waals surface area contributed by atoms with Gasteiger partial charge in [0.1, 0.15) is 0 Å². The van der Waals surface area contributed by atoms with E-state index in [2.05, 4.69) is 10.1 Å². The monoisotopic (exact) mass is 257 g/mol. The molecule has 2 aromatic heterocycles. The molecule has 2 rings (SSSR count). The molecule has 0 saturated carbocycles. The first kappa shape index (κ1) is 12.1. The molecule has 0 radical (unpaired) electrons. The van der Waals surface area contributed by atoms with E-state index in [1.807, 2.05) is 0 Å². The van der Waals surface area contributed by atoms with E-state index in [4.69, 9.17) is 5.11 Å². The second-order valence-corrected chi connectivity index (χ2v) is 3.35. The number of alkyl halides is 3. The summed E-state index contributed by atoms with van der Waals surface area (Å²) in [6.45, 7) is 0.